The SMILES string of the molecule is Cc1nnc2cccc(CC(N)C(=O)O)n12. The van der Waals surface area contributed by atoms with E-state index in [0.717, 1.165) is 11.5 Å². The molecule has 0 spiro atoms. The lowest BCUT2D eigenvalue weighted by atomic mass is 10.1. The number of nitrogens with zero attached hydrogens (tertiary/aromatic N) is 3. The highest BCUT2D eigenvalue weighted by atomic mass is 16.4. The van der Waals surface area contributed by atoms with Crippen molar-refractivity contribution < 1.29 is 9.90 Å². The van der Waals surface area contributed by atoms with Gasteiger partial charge in [-0.15, -0.1) is 10.2 Å². The number of aliphatic carboxylic acids is 1. The number of aryl methyl sites for hydroxylation is 1. The van der Waals surface area contributed by atoms with Crippen molar-refractivity contribution in [3.05, 3.63) is 29.7 Å². The summed E-state index contributed by atoms with van der Waals surface area (Å²) in [5.41, 5.74) is 7.01. The highest BCUT2D eigenvalue weighted by molar-refractivity contribution is 5.73. The minimum absolute atomic E-state index is 0.256. The molecule has 2 aromatic heterocycles. The third-order valence-corrected chi connectivity index (χ3v) is 2.42. The van der Waals surface area contributed by atoms with E-state index in [2.05, 4.69) is 10.2 Å². The molecule has 0 saturated carbocycles. The Balaban J connectivity index is 2.44. The Hall–Kier alpha value is -1.95. The molecule has 0 aromatic carbocycles. The van der Waals surface area contributed by atoms with Crippen LogP contribution in [0.5, 0.6) is 0 Å². The van der Waals surface area contributed by atoms with E-state index in [0.29, 0.717) is 5.65 Å². The van der Waals surface area contributed by atoms with Crippen molar-refractivity contribution in [2.45, 2.75) is 19.4 Å². The van der Waals surface area contributed by atoms with Crippen LogP contribution in [0.4, 0.5) is 0 Å². The fraction of sp³-hybridized carbons (Fsp3) is 0.300. The van der Waals surface area contributed by atoms with E-state index < -0.39 is 12.0 Å². The fourth-order valence-electron chi connectivity index (χ4n) is 1.63. The summed E-state index contributed by atoms with van der Waals surface area (Å²) in [6.45, 7) is 1.82. The monoisotopic (exact) mass is 220 g/mol. The van der Waals surface area contributed by atoms with Crippen molar-refractivity contribution in [2.24, 2.45) is 5.73 Å². The Morgan fingerprint density at radius 3 is 3.00 bits per heavy atom. The maximum absolute atomic E-state index is 10.7. The summed E-state index contributed by atoms with van der Waals surface area (Å²) in [7, 11) is 0. The first-order chi connectivity index (χ1) is 7.59. The second-order valence-corrected chi connectivity index (χ2v) is 3.61. The number of hydrogen-bond acceptors (Lipinski definition) is 4. The van der Waals surface area contributed by atoms with Gasteiger partial charge in [0, 0.05) is 12.1 Å². The van der Waals surface area contributed by atoms with Gasteiger partial charge in [-0.1, -0.05) is 6.07 Å². The highest BCUT2D eigenvalue weighted by Gasteiger charge is 2.15. The van der Waals surface area contributed by atoms with E-state index in [4.69, 9.17) is 10.8 Å². The van der Waals surface area contributed by atoms with Crippen molar-refractivity contribution in [1.82, 2.24) is 14.6 Å². The molecule has 6 nitrogen and oxygen atoms in total. The van der Waals surface area contributed by atoms with Gasteiger partial charge in [-0.2, -0.15) is 0 Å². The summed E-state index contributed by atoms with van der Waals surface area (Å²) < 4.78 is 1.81. The number of hydrogen-bond donors (Lipinski definition) is 2. The quantitative estimate of drug-likeness (QED) is 0.758. The first-order valence-corrected chi connectivity index (χ1v) is 4.87. The zero-order chi connectivity index (χ0) is 11.7. The normalized spacial score (nSPS) is 12.9. The Kier molecular flexibility index (Phi) is 2.57. The van der Waals surface area contributed by atoms with Crippen molar-refractivity contribution in [3.8, 4) is 0 Å². The molecule has 0 saturated heterocycles. The molecule has 6 heteroatoms. The lowest BCUT2D eigenvalue weighted by molar-refractivity contribution is -0.138. The molecule has 0 aliphatic heterocycles. The minimum atomic E-state index is -1.01. The first-order valence-electron chi connectivity index (χ1n) is 4.87. The number of pyridine rings is 1. The predicted molar refractivity (Wildman–Crippen MR) is 57.0 cm³/mol. The number of rotatable bonds is 3. The number of nitrogens with two attached hydrogens (primary N) is 1. The zero-order valence-electron chi connectivity index (χ0n) is 8.79. The Bertz CT molecular complexity index is 535. The zero-order valence-corrected chi connectivity index (χ0v) is 8.79. The van der Waals surface area contributed by atoms with Crippen molar-refractivity contribution in [3.63, 3.8) is 0 Å². The molecule has 16 heavy (non-hydrogen) atoms. The van der Waals surface area contributed by atoms with Crippen LogP contribution in [0.3, 0.4) is 0 Å². The van der Waals surface area contributed by atoms with Gasteiger partial charge in [0.15, 0.2) is 5.65 Å². The minimum Gasteiger partial charge on any atom is -0.480 e. The van der Waals surface area contributed by atoms with Crippen LogP contribution in [0.1, 0.15) is 11.5 Å². The van der Waals surface area contributed by atoms with Gasteiger partial charge in [0.2, 0.25) is 0 Å². The number of carbonyl (C=O) groups is 1. The van der Waals surface area contributed by atoms with Crippen molar-refractivity contribution >= 4 is 11.6 Å². The maximum atomic E-state index is 10.7. The largest absolute Gasteiger partial charge is 0.480 e. The molecule has 1 atom stereocenters. The average Bonchev–Trinajstić information content (AvgIpc) is 2.61. The molecule has 0 aliphatic rings. The molecule has 3 N–H and O–H groups in total. The lowest BCUT2D eigenvalue weighted by Crippen LogP contribution is -2.32. The van der Waals surface area contributed by atoms with Gasteiger partial charge in [-0.05, 0) is 19.1 Å². The summed E-state index contributed by atoms with van der Waals surface area (Å²) in [4.78, 5) is 10.7. The summed E-state index contributed by atoms with van der Waals surface area (Å²) >= 11 is 0. The summed E-state index contributed by atoms with van der Waals surface area (Å²) in [5, 5.41) is 16.7. The van der Waals surface area contributed by atoms with Crippen LogP contribution in [-0.2, 0) is 11.2 Å². The third-order valence-electron chi connectivity index (χ3n) is 2.42. The average molecular weight is 220 g/mol. The van der Waals surface area contributed by atoms with Crippen LogP contribution in [-0.4, -0.2) is 31.7 Å². The van der Waals surface area contributed by atoms with E-state index >= 15 is 0 Å². The van der Waals surface area contributed by atoms with Crippen LogP contribution in [0.25, 0.3) is 5.65 Å². The molecule has 0 radical (unpaired) electrons. The van der Waals surface area contributed by atoms with Crippen LogP contribution in [0, 0.1) is 6.92 Å². The van der Waals surface area contributed by atoms with E-state index in [1.807, 2.05) is 29.5 Å². The molecular formula is C10H12N4O2. The maximum Gasteiger partial charge on any atom is 0.320 e. The van der Waals surface area contributed by atoms with Gasteiger partial charge in [0.25, 0.3) is 0 Å². The molecule has 1 unspecified atom stereocenters. The second-order valence-electron chi connectivity index (χ2n) is 3.61. The van der Waals surface area contributed by atoms with Gasteiger partial charge in [0.1, 0.15) is 11.9 Å². The Morgan fingerprint density at radius 1 is 1.56 bits per heavy atom. The number of carboxylic acids is 1. The summed E-state index contributed by atoms with van der Waals surface area (Å²) in [5.74, 6) is -0.286. The van der Waals surface area contributed by atoms with E-state index in [1.54, 1.807) is 0 Å². The third kappa shape index (κ3) is 1.74. The van der Waals surface area contributed by atoms with E-state index in [-0.39, 0.29) is 6.42 Å². The number of carboxylic acid groups (broad SMARTS) is 1. The van der Waals surface area contributed by atoms with Crippen molar-refractivity contribution in [2.75, 3.05) is 0 Å². The van der Waals surface area contributed by atoms with E-state index in [9.17, 15) is 4.79 Å². The van der Waals surface area contributed by atoms with Crippen LogP contribution >= 0.6 is 0 Å². The number of aromatic nitrogens is 3. The smallest absolute Gasteiger partial charge is 0.320 e. The Labute approximate surface area is 91.7 Å². The molecule has 0 aliphatic carbocycles. The topological polar surface area (TPSA) is 93.5 Å². The van der Waals surface area contributed by atoms with Gasteiger partial charge in [-0.3, -0.25) is 9.20 Å². The van der Waals surface area contributed by atoms with Crippen LogP contribution < -0.4 is 5.73 Å². The molecule has 84 valence electrons. The Morgan fingerprint density at radius 2 is 2.31 bits per heavy atom. The fourth-order valence-corrected chi connectivity index (χ4v) is 1.63. The van der Waals surface area contributed by atoms with Crippen LogP contribution in [0.2, 0.25) is 0 Å². The van der Waals surface area contributed by atoms with Crippen molar-refractivity contribution in [1.29, 1.82) is 0 Å². The molecule has 0 bridgehead atoms. The van der Waals surface area contributed by atoms with Gasteiger partial charge < -0.3 is 10.8 Å². The molecule has 0 fully saturated rings. The molecule has 2 heterocycles. The summed E-state index contributed by atoms with van der Waals surface area (Å²) in [6, 6.07) is 4.54. The second kappa shape index (κ2) is 3.90. The highest BCUT2D eigenvalue weighted by Crippen LogP contribution is 2.09. The van der Waals surface area contributed by atoms with Gasteiger partial charge in [-0.25, -0.2) is 0 Å². The predicted octanol–water partition coefficient (Wildman–Crippen LogP) is -0.00788. The standard InChI is InChI=1S/C10H12N4O2/c1-6-12-13-9-4-2-3-7(14(6)9)5-8(11)10(15)16/h2-4,8H,5,11H2,1H3,(H,15,16). The first kappa shape index (κ1) is 10.6. The molecule has 2 aromatic rings. The van der Waals surface area contributed by atoms with Crippen LogP contribution in [0.15, 0.2) is 18.2 Å². The molecular weight excluding hydrogens is 208 g/mol. The van der Waals surface area contributed by atoms with Gasteiger partial charge >= 0.3 is 5.97 Å². The van der Waals surface area contributed by atoms with E-state index in [1.165, 1.54) is 0 Å². The molecule has 2 rings (SSSR count). The lowest BCUT2D eigenvalue weighted by Gasteiger charge is -2.09. The molecule has 0 amide bonds. The van der Waals surface area contributed by atoms with Gasteiger partial charge in [0.05, 0.1) is 0 Å². The summed E-state index contributed by atoms with van der Waals surface area (Å²) in [6.07, 6.45) is 0.256. The number of fused-ring (bicyclic) bond motifs is 1.